The molecule has 0 saturated carbocycles. The number of rotatable bonds is 3. The molecule has 0 unspecified atom stereocenters. The Hall–Kier alpha value is -1.71. The van der Waals surface area contributed by atoms with Crippen molar-refractivity contribution in [3.05, 3.63) is 46.8 Å². The van der Waals surface area contributed by atoms with Crippen LogP contribution in [0.4, 0.5) is 17.6 Å². The Morgan fingerprint density at radius 1 is 1.11 bits per heavy atom. The van der Waals surface area contributed by atoms with Crippen molar-refractivity contribution in [1.82, 2.24) is 25.0 Å². The highest BCUT2D eigenvalue weighted by Gasteiger charge is 2.35. The molecule has 1 aromatic heterocycles. The SMILES string of the molecule is Cl.Fc1ccc(CN2CCC(c3nnc4n3CCNC4)CC2)c(C(F)(F)F)c1. The summed E-state index contributed by atoms with van der Waals surface area (Å²) in [4.78, 5) is 1.99. The second kappa shape index (κ2) is 8.34. The van der Waals surface area contributed by atoms with Crippen LogP contribution in [0.3, 0.4) is 0 Å². The number of hydrogen-bond donors (Lipinski definition) is 1. The number of nitrogens with zero attached hydrogens (tertiary/aromatic N) is 4. The summed E-state index contributed by atoms with van der Waals surface area (Å²) >= 11 is 0. The van der Waals surface area contributed by atoms with Gasteiger partial charge in [0.15, 0.2) is 0 Å². The van der Waals surface area contributed by atoms with E-state index in [0.717, 1.165) is 50.2 Å². The minimum absolute atomic E-state index is 0. The fraction of sp³-hybridized carbons (Fsp3) is 0.556. The molecular formula is C18H22ClF4N5. The van der Waals surface area contributed by atoms with Crippen molar-refractivity contribution in [2.24, 2.45) is 0 Å². The zero-order valence-corrected chi connectivity index (χ0v) is 16.0. The van der Waals surface area contributed by atoms with Crippen molar-refractivity contribution in [3.8, 4) is 0 Å². The summed E-state index contributed by atoms with van der Waals surface area (Å²) in [6.45, 7) is 3.99. The Kier molecular flexibility index (Phi) is 6.26. The monoisotopic (exact) mass is 419 g/mol. The van der Waals surface area contributed by atoms with Crippen LogP contribution in [-0.2, 0) is 25.8 Å². The van der Waals surface area contributed by atoms with E-state index in [-0.39, 0.29) is 30.4 Å². The lowest BCUT2D eigenvalue weighted by atomic mass is 9.95. The largest absolute Gasteiger partial charge is 0.416 e. The third kappa shape index (κ3) is 4.31. The van der Waals surface area contributed by atoms with Gasteiger partial charge in [-0.2, -0.15) is 13.2 Å². The number of piperidine rings is 1. The predicted molar refractivity (Wildman–Crippen MR) is 97.6 cm³/mol. The number of benzene rings is 1. The zero-order valence-electron chi connectivity index (χ0n) is 15.2. The lowest BCUT2D eigenvalue weighted by molar-refractivity contribution is -0.138. The van der Waals surface area contributed by atoms with E-state index in [9.17, 15) is 17.6 Å². The van der Waals surface area contributed by atoms with Crippen molar-refractivity contribution in [2.75, 3.05) is 19.6 Å². The molecule has 5 nitrogen and oxygen atoms in total. The van der Waals surface area contributed by atoms with Gasteiger partial charge >= 0.3 is 6.18 Å². The molecule has 0 spiro atoms. The van der Waals surface area contributed by atoms with Gasteiger partial charge in [0.25, 0.3) is 0 Å². The summed E-state index contributed by atoms with van der Waals surface area (Å²) in [6, 6.07) is 2.92. The lowest BCUT2D eigenvalue weighted by Gasteiger charge is -2.32. The highest BCUT2D eigenvalue weighted by molar-refractivity contribution is 5.85. The average Bonchev–Trinajstić information content (AvgIpc) is 3.07. The molecule has 2 aliphatic heterocycles. The molecule has 2 aliphatic rings. The van der Waals surface area contributed by atoms with E-state index in [1.807, 2.05) is 4.90 Å². The van der Waals surface area contributed by atoms with Crippen LogP contribution in [0.1, 0.15) is 41.5 Å². The molecule has 10 heteroatoms. The summed E-state index contributed by atoms with van der Waals surface area (Å²) in [5.41, 5.74) is -0.767. The van der Waals surface area contributed by atoms with Crippen molar-refractivity contribution >= 4 is 12.4 Å². The number of halogens is 5. The van der Waals surface area contributed by atoms with Gasteiger partial charge in [0.05, 0.1) is 12.1 Å². The number of nitrogens with one attached hydrogen (secondary N) is 1. The molecule has 0 aliphatic carbocycles. The number of alkyl halides is 3. The molecule has 28 heavy (non-hydrogen) atoms. The average molecular weight is 420 g/mol. The first-order valence-electron chi connectivity index (χ1n) is 9.12. The number of hydrogen-bond acceptors (Lipinski definition) is 4. The van der Waals surface area contributed by atoms with Gasteiger partial charge < -0.3 is 9.88 Å². The second-order valence-corrected chi connectivity index (χ2v) is 7.15. The normalized spacial score (nSPS) is 18.6. The Bertz CT molecular complexity index is 815. The van der Waals surface area contributed by atoms with Crippen LogP contribution in [0.5, 0.6) is 0 Å². The van der Waals surface area contributed by atoms with Crippen molar-refractivity contribution in [2.45, 2.75) is 44.6 Å². The fourth-order valence-corrected chi connectivity index (χ4v) is 3.96. The van der Waals surface area contributed by atoms with Crippen LogP contribution in [0.15, 0.2) is 18.2 Å². The summed E-state index contributed by atoms with van der Waals surface area (Å²) in [6.07, 6.45) is -2.90. The molecule has 0 amide bonds. The molecule has 3 heterocycles. The standard InChI is InChI=1S/C18H21F4N5.ClH/c19-14-2-1-13(15(9-14)18(20,21)22)11-26-6-3-12(4-7-26)17-25-24-16-10-23-5-8-27(16)17;/h1-2,9,12,23H,3-8,10-11H2;1H. The smallest absolute Gasteiger partial charge is 0.312 e. The van der Waals surface area contributed by atoms with Gasteiger partial charge in [-0.3, -0.25) is 4.90 Å². The highest BCUT2D eigenvalue weighted by atomic mass is 35.5. The van der Waals surface area contributed by atoms with E-state index in [4.69, 9.17) is 0 Å². The summed E-state index contributed by atoms with van der Waals surface area (Å²) < 4.78 is 55.0. The van der Waals surface area contributed by atoms with Gasteiger partial charge in [0.1, 0.15) is 17.5 Å². The Morgan fingerprint density at radius 2 is 1.86 bits per heavy atom. The van der Waals surface area contributed by atoms with Gasteiger partial charge in [0.2, 0.25) is 0 Å². The van der Waals surface area contributed by atoms with E-state index >= 15 is 0 Å². The molecule has 4 rings (SSSR count). The molecule has 154 valence electrons. The second-order valence-electron chi connectivity index (χ2n) is 7.15. The minimum atomic E-state index is -4.55. The van der Waals surface area contributed by atoms with E-state index in [0.29, 0.717) is 19.2 Å². The maximum absolute atomic E-state index is 13.3. The first-order chi connectivity index (χ1) is 12.9. The first kappa shape index (κ1) is 21.0. The third-order valence-corrected chi connectivity index (χ3v) is 5.38. The van der Waals surface area contributed by atoms with Gasteiger partial charge in [-0.05, 0) is 43.6 Å². The van der Waals surface area contributed by atoms with Crippen LogP contribution < -0.4 is 5.32 Å². The number of fused-ring (bicyclic) bond motifs is 1. The Labute approximate surface area is 166 Å². The van der Waals surface area contributed by atoms with Gasteiger partial charge in [0, 0.05) is 25.6 Å². The lowest BCUT2D eigenvalue weighted by Crippen LogP contribution is -2.35. The molecule has 0 bridgehead atoms. The molecule has 1 aromatic carbocycles. The van der Waals surface area contributed by atoms with Crippen LogP contribution in [0.2, 0.25) is 0 Å². The maximum Gasteiger partial charge on any atom is 0.416 e. The Morgan fingerprint density at radius 3 is 2.57 bits per heavy atom. The van der Waals surface area contributed by atoms with Crippen LogP contribution in [0, 0.1) is 5.82 Å². The Balaban J connectivity index is 0.00000225. The van der Waals surface area contributed by atoms with Gasteiger partial charge in [-0.25, -0.2) is 4.39 Å². The maximum atomic E-state index is 13.3. The van der Waals surface area contributed by atoms with Crippen molar-refractivity contribution in [1.29, 1.82) is 0 Å². The first-order valence-corrected chi connectivity index (χ1v) is 9.12. The van der Waals surface area contributed by atoms with E-state index in [1.165, 1.54) is 6.07 Å². The molecule has 0 atom stereocenters. The predicted octanol–water partition coefficient (Wildman–Crippen LogP) is 3.34. The quantitative estimate of drug-likeness (QED) is 0.775. The molecule has 1 N–H and O–H groups in total. The summed E-state index contributed by atoms with van der Waals surface area (Å²) in [7, 11) is 0. The van der Waals surface area contributed by atoms with Crippen LogP contribution >= 0.6 is 12.4 Å². The van der Waals surface area contributed by atoms with Crippen LogP contribution in [0.25, 0.3) is 0 Å². The van der Waals surface area contributed by atoms with Gasteiger partial charge in [-0.1, -0.05) is 6.07 Å². The minimum Gasteiger partial charge on any atom is -0.312 e. The molecular weight excluding hydrogens is 398 g/mol. The fourth-order valence-electron chi connectivity index (χ4n) is 3.96. The van der Waals surface area contributed by atoms with Crippen molar-refractivity contribution < 1.29 is 17.6 Å². The molecule has 1 fully saturated rings. The van der Waals surface area contributed by atoms with Crippen LogP contribution in [-0.4, -0.2) is 39.3 Å². The number of likely N-dealkylation sites (tertiary alicyclic amines) is 1. The van der Waals surface area contributed by atoms with Gasteiger partial charge in [-0.15, -0.1) is 22.6 Å². The van der Waals surface area contributed by atoms with E-state index in [1.54, 1.807) is 0 Å². The molecule has 0 radical (unpaired) electrons. The zero-order chi connectivity index (χ0) is 19.0. The number of aromatic nitrogens is 3. The third-order valence-electron chi connectivity index (χ3n) is 5.38. The van der Waals surface area contributed by atoms with E-state index in [2.05, 4.69) is 20.1 Å². The summed E-state index contributed by atoms with van der Waals surface area (Å²) in [5.74, 6) is 1.34. The van der Waals surface area contributed by atoms with E-state index < -0.39 is 17.6 Å². The topological polar surface area (TPSA) is 46.0 Å². The van der Waals surface area contributed by atoms with Crippen molar-refractivity contribution in [3.63, 3.8) is 0 Å². The summed E-state index contributed by atoms with van der Waals surface area (Å²) in [5, 5.41) is 11.9. The molecule has 2 aromatic rings. The molecule has 1 saturated heterocycles. The highest BCUT2D eigenvalue weighted by Crippen LogP contribution is 2.34.